The van der Waals surface area contributed by atoms with Crippen molar-refractivity contribution in [2.75, 3.05) is 5.32 Å². The number of nitrogens with zero attached hydrogens (tertiary/aromatic N) is 2. The molecule has 0 heterocycles. The number of halogens is 1. The number of nitriles is 1. The van der Waals surface area contributed by atoms with Gasteiger partial charge in [0.15, 0.2) is 0 Å². The Morgan fingerprint density at radius 2 is 1.94 bits per heavy atom. The Bertz CT molecular complexity index is 1230. The number of benzene rings is 3. The highest BCUT2D eigenvalue weighted by Crippen LogP contribution is 2.27. The molecule has 0 bridgehead atoms. The molecule has 0 saturated carbocycles. The van der Waals surface area contributed by atoms with Crippen molar-refractivity contribution in [2.45, 2.75) is 13.5 Å². The van der Waals surface area contributed by atoms with E-state index in [1.54, 1.807) is 42.5 Å². The van der Waals surface area contributed by atoms with E-state index in [2.05, 4.69) is 5.32 Å². The molecule has 0 saturated heterocycles. The van der Waals surface area contributed by atoms with E-state index in [0.29, 0.717) is 22.0 Å². The fourth-order valence-electron chi connectivity index (χ4n) is 2.84. The molecule has 0 unspecified atom stereocenters. The maximum absolute atomic E-state index is 12.4. The number of carbonyl (C=O) groups excluding carboxylic acids is 1. The number of nitro benzene ring substituents is 1. The van der Waals surface area contributed by atoms with E-state index in [1.165, 1.54) is 18.2 Å². The molecule has 0 aliphatic rings. The molecular weight excluding hydrogens is 430 g/mol. The van der Waals surface area contributed by atoms with E-state index in [1.807, 2.05) is 25.1 Å². The first-order valence-electron chi connectivity index (χ1n) is 9.51. The lowest BCUT2D eigenvalue weighted by molar-refractivity contribution is -0.384. The quantitative estimate of drug-likeness (QED) is 0.217. The van der Waals surface area contributed by atoms with E-state index >= 15 is 0 Å². The largest absolute Gasteiger partial charge is 0.487 e. The number of carbonyl (C=O) groups is 1. The third-order valence-electron chi connectivity index (χ3n) is 4.45. The number of aryl methyl sites for hydroxylation is 1. The number of non-ortho nitro benzene ring substituents is 1. The van der Waals surface area contributed by atoms with Gasteiger partial charge in [-0.15, -0.1) is 0 Å². The monoisotopic (exact) mass is 447 g/mol. The molecule has 0 aromatic heterocycles. The van der Waals surface area contributed by atoms with Gasteiger partial charge in [-0.3, -0.25) is 14.9 Å². The van der Waals surface area contributed by atoms with Crippen LogP contribution in [0.5, 0.6) is 5.75 Å². The van der Waals surface area contributed by atoms with Gasteiger partial charge in [0, 0.05) is 17.8 Å². The van der Waals surface area contributed by atoms with Crippen LogP contribution in [0, 0.1) is 28.4 Å². The Labute approximate surface area is 189 Å². The van der Waals surface area contributed by atoms with Gasteiger partial charge < -0.3 is 10.1 Å². The van der Waals surface area contributed by atoms with Gasteiger partial charge in [0.25, 0.3) is 11.6 Å². The first-order valence-corrected chi connectivity index (χ1v) is 9.89. The molecule has 32 heavy (non-hydrogen) atoms. The van der Waals surface area contributed by atoms with Crippen molar-refractivity contribution in [1.82, 2.24) is 0 Å². The molecule has 8 heteroatoms. The normalized spacial score (nSPS) is 10.8. The number of nitro groups is 1. The van der Waals surface area contributed by atoms with E-state index in [9.17, 15) is 20.2 Å². The van der Waals surface area contributed by atoms with Crippen molar-refractivity contribution >= 4 is 35.0 Å². The molecule has 3 aromatic rings. The van der Waals surface area contributed by atoms with Gasteiger partial charge in [-0.1, -0.05) is 29.8 Å². The van der Waals surface area contributed by atoms with Crippen LogP contribution < -0.4 is 10.1 Å². The van der Waals surface area contributed by atoms with Gasteiger partial charge in [-0.25, -0.2) is 0 Å². The minimum Gasteiger partial charge on any atom is -0.487 e. The van der Waals surface area contributed by atoms with Crippen LogP contribution in [-0.2, 0) is 11.4 Å². The average Bonchev–Trinajstić information content (AvgIpc) is 2.77. The predicted octanol–water partition coefficient (Wildman–Crippen LogP) is 5.68. The summed E-state index contributed by atoms with van der Waals surface area (Å²) in [6.07, 6.45) is 1.44. The summed E-state index contributed by atoms with van der Waals surface area (Å²) in [6, 6.07) is 20.1. The highest BCUT2D eigenvalue weighted by Gasteiger charge is 2.11. The lowest BCUT2D eigenvalue weighted by Gasteiger charge is -2.09. The minimum atomic E-state index is -0.521. The number of nitrogens with one attached hydrogen (secondary N) is 1. The topological polar surface area (TPSA) is 105 Å². The van der Waals surface area contributed by atoms with Crippen LogP contribution in [0.2, 0.25) is 5.02 Å². The fourth-order valence-corrected chi connectivity index (χ4v) is 3.08. The number of hydrogen-bond acceptors (Lipinski definition) is 5. The van der Waals surface area contributed by atoms with Crippen molar-refractivity contribution in [3.05, 3.63) is 104 Å². The summed E-state index contributed by atoms with van der Waals surface area (Å²) in [5.41, 5.74) is 2.83. The molecule has 0 radical (unpaired) electrons. The van der Waals surface area contributed by atoms with E-state index in [0.717, 1.165) is 11.1 Å². The van der Waals surface area contributed by atoms with Crippen molar-refractivity contribution in [3.8, 4) is 11.8 Å². The van der Waals surface area contributed by atoms with E-state index in [-0.39, 0.29) is 17.9 Å². The standard InChI is InChI=1S/C24H18ClN3O4/c1-16-3-2-4-20(11-16)27-24(29)19(14-26)12-18-7-10-23(22(25)13-18)32-15-17-5-8-21(9-6-17)28(30)31/h2-13H,15H2,1H3,(H,27,29)/b19-12+. The second kappa shape index (κ2) is 10.2. The first kappa shape index (κ1) is 22.5. The third-order valence-corrected chi connectivity index (χ3v) is 4.74. The van der Waals surface area contributed by atoms with Gasteiger partial charge in [0.2, 0.25) is 0 Å². The van der Waals surface area contributed by atoms with Crippen LogP contribution in [0.25, 0.3) is 6.08 Å². The zero-order chi connectivity index (χ0) is 23.1. The molecule has 0 atom stereocenters. The van der Waals surface area contributed by atoms with Crippen molar-refractivity contribution in [2.24, 2.45) is 0 Å². The van der Waals surface area contributed by atoms with Crippen LogP contribution in [0.15, 0.2) is 72.3 Å². The molecule has 1 amide bonds. The highest BCUT2D eigenvalue weighted by molar-refractivity contribution is 6.32. The number of anilines is 1. The summed E-state index contributed by atoms with van der Waals surface area (Å²) in [4.78, 5) is 22.7. The first-order chi connectivity index (χ1) is 15.4. The Hall–Kier alpha value is -4.15. The van der Waals surface area contributed by atoms with Crippen LogP contribution in [-0.4, -0.2) is 10.8 Å². The summed E-state index contributed by atoms with van der Waals surface area (Å²) in [7, 11) is 0. The smallest absolute Gasteiger partial charge is 0.269 e. The summed E-state index contributed by atoms with van der Waals surface area (Å²) in [6.45, 7) is 2.08. The van der Waals surface area contributed by atoms with Gasteiger partial charge in [0.1, 0.15) is 24.0 Å². The lowest BCUT2D eigenvalue weighted by atomic mass is 10.1. The van der Waals surface area contributed by atoms with Gasteiger partial charge in [-0.2, -0.15) is 5.26 Å². The Kier molecular flexibility index (Phi) is 7.21. The molecule has 7 nitrogen and oxygen atoms in total. The van der Waals surface area contributed by atoms with E-state index in [4.69, 9.17) is 16.3 Å². The molecule has 0 aliphatic heterocycles. The molecule has 160 valence electrons. The zero-order valence-corrected chi connectivity index (χ0v) is 17.8. The van der Waals surface area contributed by atoms with Gasteiger partial charge in [0.05, 0.1) is 9.95 Å². The van der Waals surface area contributed by atoms with Crippen molar-refractivity contribution in [1.29, 1.82) is 5.26 Å². The molecular formula is C24H18ClN3O4. The summed E-state index contributed by atoms with van der Waals surface area (Å²) >= 11 is 6.29. The number of amides is 1. The molecule has 3 aromatic carbocycles. The van der Waals surface area contributed by atoms with Crippen LogP contribution in [0.3, 0.4) is 0 Å². The maximum atomic E-state index is 12.4. The molecule has 3 rings (SSSR count). The SMILES string of the molecule is Cc1cccc(NC(=O)/C(C#N)=C/c2ccc(OCc3ccc([N+](=O)[O-])cc3)c(Cl)c2)c1. The summed E-state index contributed by atoms with van der Waals surface area (Å²) in [5.74, 6) is -0.113. The molecule has 0 spiro atoms. The highest BCUT2D eigenvalue weighted by atomic mass is 35.5. The average molecular weight is 448 g/mol. The molecule has 0 aliphatic carbocycles. The second-order valence-electron chi connectivity index (χ2n) is 6.90. The van der Waals surface area contributed by atoms with Crippen LogP contribution in [0.4, 0.5) is 11.4 Å². The van der Waals surface area contributed by atoms with Crippen molar-refractivity contribution in [3.63, 3.8) is 0 Å². The Morgan fingerprint density at radius 3 is 2.56 bits per heavy atom. The second-order valence-corrected chi connectivity index (χ2v) is 7.30. The molecule has 1 N–H and O–H groups in total. The van der Waals surface area contributed by atoms with Crippen molar-refractivity contribution < 1.29 is 14.5 Å². The predicted molar refractivity (Wildman–Crippen MR) is 122 cm³/mol. The van der Waals surface area contributed by atoms with Gasteiger partial charge in [-0.05, 0) is 66.1 Å². The van der Waals surface area contributed by atoms with Crippen LogP contribution in [0.1, 0.15) is 16.7 Å². The zero-order valence-electron chi connectivity index (χ0n) is 17.0. The third kappa shape index (κ3) is 5.94. The minimum absolute atomic E-state index is 0.00246. The number of ether oxygens (including phenoxy) is 1. The number of hydrogen-bond donors (Lipinski definition) is 1. The summed E-state index contributed by atoms with van der Waals surface area (Å²) < 4.78 is 5.68. The number of rotatable bonds is 7. The maximum Gasteiger partial charge on any atom is 0.269 e. The Balaban J connectivity index is 1.68. The summed E-state index contributed by atoms with van der Waals surface area (Å²) in [5, 5.41) is 23.1. The molecule has 0 fully saturated rings. The lowest BCUT2D eigenvalue weighted by Crippen LogP contribution is -2.13. The Morgan fingerprint density at radius 1 is 1.19 bits per heavy atom. The van der Waals surface area contributed by atoms with E-state index < -0.39 is 10.8 Å². The van der Waals surface area contributed by atoms with Crippen LogP contribution >= 0.6 is 11.6 Å². The van der Waals surface area contributed by atoms with Gasteiger partial charge >= 0.3 is 0 Å². The fraction of sp³-hybridized carbons (Fsp3) is 0.0833.